The largest absolute Gasteiger partial charge is 0.507 e. The lowest BCUT2D eigenvalue weighted by atomic mass is 9.95. The number of phenolic OH excluding ortho intramolecular Hbond substituents is 1. The summed E-state index contributed by atoms with van der Waals surface area (Å²) >= 11 is 0. The average Bonchev–Trinajstić information content (AvgIpc) is 3.25. The number of aromatic nitrogens is 2. The van der Waals surface area contributed by atoms with Crippen LogP contribution in [0.2, 0.25) is 0 Å². The number of hydrogen-bond donors (Lipinski definition) is 2. The molecular formula is C26H25N3O2. The molecule has 156 valence electrons. The molecule has 2 N–H and O–H groups in total. The molecule has 1 aliphatic heterocycles. The topological polar surface area (TPSA) is 69.2 Å². The van der Waals surface area contributed by atoms with Crippen molar-refractivity contribution in [1.82, 2.24) is 14.9 Å². The Morgan fingerprint density at radius 2 is 1.71 bits per heavy atom. The van der Waals surface area contributed by atoms with Crippen molar-refractivity contribution in [3.63, 3.8) is 0 Å². The predicted molar refractivity (Wildman–Crippen MR) is 121 cm³/mol. The predicted octanol–water partition coefficient (Wildman–Crippen LogP) is 4.88. The van der Waals surface area contributed by atoms with Crippen molar-refractivity contribution < 1.29 is 9.90 Å². The third-order valence-electron chi connectivity index (χ3n) is 6.12. The van der Waals surface area contributed by atoms with Crippen LogP contribution in [0.5, 0.6) is 5.75 Å². The van der Waals surface area contributed by atoms with Crippen LogP contribution in [-0.2, 0) is 6.42 Å². The summed E-state index contributed by atoms with van der Waals surface area (Å²) in [5.74, 6) is 1.26. The van der Waals surface area contributed by atoms with Gasteiger partial charge in [-0.1, -0.05) is 48.5 Å². The van der Waals surface area contributed by atoms with E-state index in [1.165, 1.54) is 5.56 Å². The Bertz CT molecular complexity index is 1170. The van der Waals surface area contributed by atoms with Crippen LogP contribution in [0, 0.1) is 0 Å². The molecule has 5 heteroatoms. The standard InChI is InChI=1S/C26H25N3O2/c30-24-11-10-19(16-18-6-2-1-3-7-18)17-21(24)26(31)29-14-12-20(13-15-29)25-27-22-8-4-5-9-23(22)28-25/h1-11,17,20,30H,12-16H2,(H,27,28). The molecule has 5 nitrogen and oxygen atoms in total. The molecule has 0 unspecified atom stereocenters. The minimum atomic E-state index is -0.101. The van der Waals surface area contributed by atoms with Crippen LogP contribution in [0.4, 0.5) is 0 Å². The molecule has 0 spiro atoms. The summed E-state index contributed by atoms with van der Waals surface area (Å²) in [6, 6.07) is 23.5. The number of nitrogens with zero attached hydrogens (tertiary/aromatic N) is 2. The fraction of sp³-hybridized carbons (Fsp3) is 0.231. The minimum Gasteiger partial charge on any atom is -0.507 e. The monoisotopic (exact) mass is 411 g/mol. The van der Waals surface area contributed by atoms with E-state index in [9.17, 15) is 9.90 Å². The van der Waals surface area contributed by atoms with Gasteiger partial charge in [0.2, 0.25) is 0 Å². The lowest BCUT2D eigenvalue weighted by Gasteiger charge is -2.31. The number of aromatic hydroxyl groups is 1. The Morgan fingerprint density at radius 3 is 2.48 bits per heavy atom. The molecule has 0 radical (unpaired) electrons. The Balaban J connectivity index is 1.28. The van der Waals surface area contributed by atoms with Gasteiger partial charge in [0.1, 0.15) is 11.6 Å². The summed E-state index contributed by atoms with van der Waals surface area (Å²) in [5, 5.41) is 10.4. The molecule has 4 aromatic rings. The maximum atomic E-state index is 13.2. The van der Waals surface area contributed by atoms with Gasteiger partial charge in [0, 0.05) is 19.0 Å². The zero-order valence-electron chi connectivity index (χ0n) is 17.3. The fourth-order valence-electron chi connectivity index (χ4n) is 4.39. The molecule has 0 atom stereocenters. The first-order valence-corrected chi connectivity index (χ1v) is 10.8. The van der Waals surface area contributed by atoms with Crippen LogP contribution in [0.3, 0.4) is 0 Å². The summed E-state index contributed by atoms with van der Waals surface area (Å²) in [5.41, 5.74) is 4.62. The zero-order valence-corrected chi connectivity index (χ0v) is 17.3. The van der Waals surface area contributed by atoms with Gasteiger partial charge in [0.25, 0.3) is 5.91 Å². The normalized spacial score (nSPS) is 14.8. The first-order valence-electron chi connectivity index (χ1n) is 10.8. The van der Waals surface area contributed by atoms with E-state index in [0.717, 1.165) is 41.7 Å². The summed E-state index contributed by atoms with van der Waals surface area (Å²) in [6.07, 6.45) is 2.45. The molecule has 1 aliphatic rings. The first-order chi connectivity index (χ1) is 15.2. The van der Waals surface area contributed by atoms with Crippen molar-refractivity contribution in [2.45, 2.75) is 25.2 Å². The third kappa shape index (κ3) is 4.04. The fourth-order valence-corrected chi connectivity index (χ4v) is 4.39. The quantitative estimate of drug-likeness (QED) is 0.503. The molecule has 0 aliphatic carbocycles. The summed E-state index contributed by atoms with van der Waals surface area (Å²) in [6.45, 7) is 1.31. The maximum Gasteiger partial charge on any atom is 0.257 e. The SMILES string of the molecule is O=C(c1cc(Cc2ccccc2)ccc1O)N1CCC(c2nc3ccccc3[nH]2)CC1. The van der Waals surface area contributed by atoms with E-state index in [1.54, 1.807) is 6.07 Å². The van der Waals surface area contributed by atoms with Gasteiger partial charge in [0.05, 0.1) is 16.6 Å². The molecule has 1 saturated heterocycles. The van der Waals surface area contributed by atoms with E-state index in [4.69, 9.17) is 4.98 Å². The van der Waals surface area contributed by atoms with Crippen molar-refractivity contribution >= 4 is 16.9 Å². The number of likely N-dealkylation sites (tertiary alicyclic amines) is 1. The smallest absolute Gasteiger partial charge is 0.257 e. The van der Waals surface area contributed by atoms with Gasteiger partial charge >= 0.3 is 0 Å². The summed E-state index contributed by atoms with van der Waals surface area (Å²) in [7, 11) is 0. The molecule has 31 heavy (non-hydrogen) atoms. The van der Waals surface area contributed by atoms with Crippen LogP contribution < -0.4 is 0 Å². The lowest BCUT2D eigenvalue weighted by molar-refractivity contribution is 0.0708. The van der Waals surface area contributed by atoms with Crippen molar-refractivity contribution in [3.05, 3.63) is 95.3 Å². The zero-order chi connectivity index (χ0) is 21.2. The number of fused-ring (bicyclic) bond motifs is 1. The molecule has 1 amide bonds. The molecular weight excluding hydrogens is 386 g/mol. The van der Waals surface area contributed by atoms with Crippen LogP contribution in [0.25, 0.3) is 11.0 Å². The van der Waals surface area contributed by atoms with E-state index < -0.39 is 0 Å². The highest BCUT2D eigenvalue weighted by Gasteiger charge is 2.27. The minimum absolute atomic E-state index is 0.0428. The van der Waals surface area contributed by atoms with Gasteiger partial charge < -0.3 is 15.0 Å². The lowest BCUT2D eigenvalue weighted by Crippen LogP contribution is -2.38. The van der Waals surface area contributed by atoms with Gasteiger partial charge in [0.15, 0.2) is 0 Å². The number of hydrogen-bond acceptors (Lipinski definition) is 3. The molecule has 0 bridgehead atoms. The Morgan fingerprint density at radius 1 is 0.968 bits per heavy atom. The van der Waals surface area contributed by atoms with Gasteiger partial charge in [-0.25, -0.2) is 4.98 Å². The highest BCUT2D eigenvalue weighted by molar-refractivity contribution is 5.97. The highest BCUT2D eigenvalue weighted by atomic mass is 16.3. The van der Waals surface area contributed by atoms with Crippen LogP contribution in [-0.4, -0.2) is 39.0 Å². The Labute approximate surface area is 181 Å². The molecule has 1 aromatic heterocycles. The number of phenols is 1. The Hall–Kier alpha value is -3.60. The van der Waals surface area contributed by atoms with Gasteiger partial charge in [-0.05, 0) is 54.7 Å². The number of para-hydroxylation sites is 2. The summed E-state index contributed by atoms with van der Waals surface area (Å²) in [4.78, 5) is 23.2. The Kier molecular flexibility index (Phi) is 5.16. The molecule has 2 heterocycles. The van der Waals surface area contributed by atoms with Crippen LogP contribution >= 0.6 is 0 Å². The van der Waals surface area contributed by atoms with E-state index in [1.807, 2.05) is 59.5 Å². The van der Waals surface area contributed by atoms with Gasteiger partial charge in [-0.15, -0.1) is 0 Å². The molecule has 1 fully saturated rings. The second kappa shape index (κ2) is 8.26. The van der Waals surface area contributed by atoms with Crippen LogP contribution in [0.1, 0.15) is 46.1 Å². The number of aromatic amines is 1. The van der Waals surface area contributed by atoms with E-state index in [0.29, 0.717) is 24.6 Å². The van der Waals surface area contributed by atoms with E-state index in [2.05, 4.69) is 17.1 Å². The third-order valence-corrected chi connectivity index (χ3v) is 6.12. The number of nitrogens with one attached hydrogen (secondary N) is 1. The molecule has 3 aromatic carbocycles. The van der Waals surface area contributed by atoms with Crippen molar-refractivity contribution in [3.8, 4) is 5.75 Å². The second-order valence-corrected chi connectivity index (χ2v) is 8.22. The molecule has 5 rings (SSSR count). The number of benzene rings is 3. The van der Waals surface area contributed by atoms with Crippen molar-refractivity contribution in [2.24, 2.45) is 0 Å². The first kappa shape index (κ1) is 19.4. The highest BCUT2D eigenvalue weighted by Crippen LogP contribution is 2.30. The van der Waals surface area contributed by atoms with Crippen molar-refractivity contribution in [2.75, 3.05) is 13.1 Å². The van der Waals surface area contributed by atoms with Crippen molar-refractivity contribution in [1.29, 1.82) is 0 Å². The number of amides is 1. The summed E-state index contributed by atoms with van der Waals surface area (Å²) < 4.78 is 0. The number of H-pyrrole nitrogens is 1. The van der Waals surface area contributed by atoms with Gasteiger partial charge in [-0.3, -0.25) is 4.79 Å². The van der Waals surface area contributed by atoms with E-state index >= 15 is 0 Å². The van der Waals surface area contributed by atoms with Crippen LogP contribution in [0.15, 0.2) is 72.8 Å². The number of carbonyl (C=O) groups excluding carboxylic acids is 1. The number of imidazole rings is 1. The number of rotatable bonds is 4. The van der Waals surface area contributed by atoms with E-state index in [-0.39, 0.29) is 11.7 Å². The number of carbonyl (C=O) groups is 1. The molecule has 0 saturated carbocycles. The second-order valence-electron chi connectivity index (χ2n) is 8.22. The van der Waals surface area contributed by atoms with Gasteiger partial charge in [-0.2, -0.15) is 0 Å². The maximum absolute atomic E-state index is 13.2. The average molecular weight is 412 g/mol. The number of piperidine rings is 1.